The molecule has 15 heavy (non-hydrogen) atoms. The zero-order chi connectivity index (χ0) is 11.6. The van der Waals surface area contributed by atoms with E-state index in [0.29, 0.717) is 0 Å². The summed E-state index contributed by atoms with van der Waals surface area (Å²) in [6.07, 6.45) is 1.10. The van der Waals surface area contributed by atoms with E-state index in [1.165, 1.54) is 16.7 Å². The van der Waals surface area contributed by atoms with E-state index in [2.05, 4.69) is 52.8 Å². The highest BCUT2D eigenvalue weighted by Crippen LogP contribution is 2.35. The molecule has 1 atom stereocenters. The van der Waals surface area contributed by atoms with Gasteiger partial charge in [-0.05, 0) is 42.4 Å². The van der Waals surface area contributed by atoms with Crippen molar-refractivity contribution in [3.05, 3.63) is 34.9 Å². The van der Waals surface area contributed by atoms with Crippen LogP contribution in [-0.4, -0.2) is 0 Å². The van der Waals surface area contributed by atoms with E-state index in [1.54, 1.807) is 0 Å². The maximum atomic E-state index is 6.35. The molecular formula is C14H23N. The molecule has 1 aromatic rings. The van der Waals surface area contributed by atoms with Crippen molar-refractivity contribution in [1.82, 2.24) is 0 Å². The van der Waals surface area contributed by atoms with Crippen molar-refractivity contribution in [2.75, 3.05) is 0 Å². The summed E-state index contributed by atoms with van der Waals surface area (Å²) in [6.45, 7) is 11.0. The first-order chi connectivity index (χ1) is 6.90. The average Bonchev–Trinajstić information content (AvgIpc) is 2.21. The predicted molar refractivity (Wildman–Crippen MR) is 66.9 cm³/mol. The van der Waals surface area contributed by atoms with Gasteiger partial charge in [-0.3, -0.25) is 0 Å². The third kappa shape index (κ3) is 2.40. The van der Waals surface area contributed by atoms with Gasteiger partial charge >= 0.3 is 0 Å². The van der Waals surface area contributed by atoms with Crippen LogP contribution in [0, 0.1) is 19.3 Å². The molecule has 1 heteroatoms. The van der Waals surface area contributed by atoms with Crippen molar-refractivity contribution in [2.45, 2.75) is 47.1 Å². The van der Waals surface area contributed by atoms with Gasteiger partial charge in [0.15, 0.2) is 0 Å². The van der Waals surface area contributed by atoms with E-state index >= 15 is 0 Å². The van der Waals surface area contributed by atoms with Gasteiger partial charge in [0.25, 0.3) is 0 Å². The Labute approximate surface area is 93.7 Å². The molecule has 84 valence electrons. The van der Waals surface area contributed by atoms with Gasteiger partial charge in [-0.1, -0.05) is 39.0 Å². The lowest BCUT2D eigenvalue weighted by atomic mass is 9.77. The van der Waals surface area contributed by atoms with Gasteiger partial charge in [-0.25, -0.2) is 0 Å². The molecule has 0 aliphatic rings. The average molecular weight is 205 g/mol. The summed E-state index contributed by atoms with van der Waals surface area (Å²) in [4.78, 5) is 0. The van der Waals surface area contributed by atoms with Gasteiger partial charge < -0.3 is 5.73 Å². The normalized spacial score (nSPS) is 14.0. The van der Waals surface area contributed by atoms with E-state index in [9.17, 15) is 0 Å². The van der Waals surface area contributed by atoms with Crippen LogP contribution in [0.3, 0.4) is 0 Å². The van der Waals surface area contributed by atoms with Crippen LogP contribution < -0.4 is 5.73 Å². The molecular weight excluding hydrogens is 182 g/mol. The van der Waals surface area contributed by atoms with Gasteiger partial charge in [0.05, 0.1) is 0 Å². The smallest absolute Gasteiger partial charge is 0.0349 e. The maximum Gasteiger partial charge on any atom is 0.0349 e. The Hall–Kier alpha value is -0.820. The van der Waals surface area contributed by atoms with Crippen LogP contribution in [0.15, 0.2) is 18.2 Å². The van der Waals surface area contributed by atoms with Gasteiger partial charge in [-0.15, -0.1) is 0 Å². The minimum Gasteiger partial charge on any atom is -0.323 e. The summed E-state index contributed by atoms with van der Waals surface area (Å²) in [5.74, 6) is 0. The summed E-state index contributed by atoms with van der Waals surface area (Å²) in [6, 6.07) is 6.53. The first kappa shape index (κ1) is 12.3. The highest BCUT2D eigenvalue weighted by atomic mass is 14.7. The second-order valence-electron chi connectivity index (χ2n) is 5.11. The summed E-state index contributed by atoms with van der Waals surface area (Å²) in [5, 5.41) is 0. The second-order valence-corrected chi connectivity index (χ2v) is 5.11. The molecule has 0 aliphatic carbocycles. The molecule has 0 radical (unpaired) electrons. The molecule has 0 fully saturated rings. The molecule has 0 saturated carbocycles. The number of hydrogen-bond acceptors (Lipinski definition) is 1. The fourth-order valence-electron chi connectivity index (χ4n) is 1.75. The zero-order valence-corrected chi connectivity index (χ0v) is 10.6. The van der Waals surface area contributed by atoms with Gasteiger partial charge in [0.1, 0.15) is 0 Å². The Bertz CT molecular complexity index is 339. The van der Waals surface area contributed by atoms with Crippen LogP contribution in [0.4, 0.5) is 0 Å². The van der Waals surface area contributed by atoms with Crippen molar-refractivity contribution in [2.24, 2.45) is 11.1 Å². The fraction of sp³-hybridized carbons (Fsp3) is 0.571. The van der Waals surface area contributed by atoms with Gasteiger partial charge in [-0.2, -0.15) is 0 Å². The number of aryl methyl sites for hydroxylation is 1. The highest BCUT2D eigenvalue weighted by molar-refractivity contribution is 5.36. The van der Waals surface area contributed by atoms with Crippen LogP contribution in [0.2, 0.25) is 0 Å². The van der Waals surface area contributed by atoms with Crippen molar-refractivity contribution >= 4 is 0 Å². The number of hydrogen-bond donors (Lipinski definition) is 1. The third-order valence-corrected chi connectivity index (χ3v) is 3.73. The first-order valence-electron chi connectivity index (χ1n) is 5.72. The van der Waals surface area contributed by atoms with Crippen LogP contribution in [-0.2, 0) is 0 Å². The Balaban J connectivity index is 3.12. The Morgan fingerprint density at radius 2 is 1.87 bits per heavy atom. The molecule has 1 unspecified atom stereocenters. The predicted octanol–water partition coefficient (Wildman–Crippen LogP) is 3.74. The molecule has 2 N–H and O–H groups in total. The monoisotopic (exact) mass is 205 g/mol. The van der Waals surface area contributed by atoms with E-state index in [1.807, 2.05) is 0 Å². The standard InChI is InChI=1S/C14H23N/c1-6-14(4,5)13(15)12-9-7-8-10(2)11(12)3/h7-9,13H,6,15H2,1-5H3. The third-order valence-electron chi connectivity index (χ3n) is 3.73. The Morgan fingerprint density at radius 3 is 2.40 bits per heavy atom. The molecule has 1 rings (SSSR count). The SMILES string of the molecule is CCC(C)(C)C(N)c1cccc(C)c1C. The topological polar surface area (TPSA) is 26.0 Å². The largest absolute Gasteiger partial charge is 0.323 e. The van der Waals surface area contributed by atoms with Crippen molar-refractivity contribution in [3.8, 4) is 0 Å². The lowest BCUT2D eigenvalue weighted by Gasteiger charge is -2.32. The number of rotatable bonds is 3. The molecule has 0 amide bonds. The molecule has 0 spiro atoms. The van der Waals surface area contributed by atoms with Crippen molar-refractivity contribution in [1.29, 1.82) is 0 Å². The van der Waals surface area contributed by atoms with Gasteiger partial charge in [0.2, 0.25) is 0 Å². The minimum absolute atomic E-state index is 0.127. The van der Waals surface area contributed by atoms with Gasteiger partial charge in [0, 0.05) is 6.04 Å². The lowest BCUT2D eigenvalue weighted by Crippen LogP contribution is -2.29. The molecule has 0 saturated heterocycles. The van der Waals surface area contributed by atoms with Crippen LogP contribution >= 0.6 is 0 Å². The summed E-state index contributed by atoms with van der Waals surface area (Å²) in [5.41, 5.74) is 10.5. The molecule has 0 aliphatic heterocycles. The summed E-state index contributed by atoms with van der Waals surface area (Å²) in [7, 11) is 0. The fourth-order valence-corrected chi connectivity index (χ4v) is 1.75. The maximum absolute atomic E-state index is 6.35. The van der Waals surface area contributed by atoms with Crippen LogP contribution in [0.5, 0.6) is 0 Å². The molecule has 0 aromatic heterocycles. The van der Waals surface area contributed by atoms with E-state index < -0.39 is 0 Å². The molecule has 0 heterocycles. The second kappa shape index (κ2) is 4.36. The van der Waals surface area contributed by atoms with Crippen LogP contribution in [0.25, 0.3) is 0 Å². The summed E-state index contributed by atoms with van der Waals surface area (Å²) >= 11 is 0. The van der Waals surface area contributed by atoms with Crippen LogP contribution in [0.1, 0.15) is 49.9 Å². The highest BCUT2D eigenvalue weighted by Gasteiger charge is 2.26. The van der Waals surface area contributed by atoms with Crippen molar-refractivity contribution < 1.29 is 0 Å². The van der Waals surface area contributed by atoms with E-state index in [4.69, 9.17) is 5.73 Å². The molecule has 0 bridgehead atoms. The number of benzene rings is 1. The first-order valence-corrected chi connectivity index (χ1v) is 5.72. The Morgan fingerprint density at radius 1 is 1.27 bits per heavy atom. The minimum atomic E-state index is 0.127. The van der Waals surface area contributed by atoms with E-state index in [0.717, 1.165) is 6.42 Å². The summed E-state index contributed by atoms with van der Waals surface area (Å²) < 4.78 is 0. The zero-order valence-electron chi connectivity index (χ0n) is 10.6. The molecule has 1 aromatic carbocycles. The number of nitrogens with two attached hydrogens (primary N) is 1. The molecule has 1 nitrogen and oxygen atoms in total. The Kier molecular flexibility index (Phi) is 3.56. The quantitative estimate of drug-likeness (QED) is 0.799. The van der Waals surface area contributed by atoms with Crippen molar-refractivity contribution in [3.63, 3.8) is 0 Å². The lowest BCUT2D eigenvalue weighted by molar-refractivity contribution is 0.277. The van der Waals surface area contributed by atoms with E-state index in [-0.39, 0.29) is 11.5 Å².